The number of amides is 2. The molecule has 3 heterocycles. The highest BCUT2D eigenvalue weighted by molar-refractivity contribution is 6.23. The van der Waals surface area contributed by atoms with Crippen LogP contribution in [-0.4, -0.2) is 22.8 Å². The van der Waals surface area contributed by atoms with Crippen molar-refractivity contribution in [2.45, 2.75) is 19.0 Å². The Morgan fingerprint density at radius 3 is 2.41 bits per heavy atom. The van der Waals surface area contributed by atoms with Gasteiger partial charge in [-0.05, 0) is 36.3 Å². The Labute approximate surface area is 157 Å². The number of hydrogen-bond donors (Lipinski definition) is 0. The van der Waals surface area contributed by atoms with E-state index in [-0.39, 0.29) is 17.9 Å². The fraction of sp³-hybridized carbons (Fsp3) is 0.227. The summed E-state index contributed by atoms with van der Waals surface area (Å²) in [5.74, 6) is -1.69. The monoisotopic (exact) mass is 355 g/mol. The molecule has 2 aromatic rings. The molecule has 0 spiro atoms. The number of aryl methyl sites for hydroxylation is 1. The van der Waals surface area contributed by atoms with Crippen LogP contribution in [0.5, 0.6) is 0 Å². The Hall–Kier alpha value is -3.39. The van der Waals surface area contributed by atoms with Crippen LogP contribution in [0.1, 0.15) is 22.7 Å². The number of fused-ring (bicyclic) bond motifs is 5. The molecule has 2 aromatic carbocycles. The van der Waals surface area contributed by atoms with Crippen LogP contribution in [0, 0.1) is 30.1 Å². The third kappa shape index (κ3) is 2.04. The molecule has 2 fully saturated rings. The third-order valence-electron chi connectivity index (χ3n) is 5.89. The van der Waals surface area contributed by atoms with Gasteiger partial charge in [-0.15, -0.1) is 0 Å². The lowest BCUT2D eigenvalue weighted by atomic mass is 9.85. The minimum absolute atomic E-state index is 0.216. The SMILES string of the molecule is Cc1ccc(N2C(=O)C3C(C2=O)C2c4ccccc4C=CN2C3C#N)cc1. The van der Waals surface area contributed by atoms with Gasteiger partial charge in [0.2, 0.25) is 11.8 Å². The van der Waals surface area contributed by atoms with Gasteiger partial charge in [0.15, 0.2) is 0 Å². The second kappa shape index (κ2) is 5.55. The van der Waals surface area contributed by atoms with Gasteiger partial charge in [-0.3, -0.25) is 9.59 Å². The smallest absolute Gasteiger partial charge is 0.240 e. The molecule has 0 N–H and O–H groups in total. The largest absolute Gasteiger partial charge is 0.353 e. The van der Waals surface area contributed by atoms with Gasteiger partial charge in [0.05, 0.1) is 29.6 Å². The molecule has 2 amide bonds. The molecular weight excluding hydrogens is 338 g/mol. The Morgan fingerprint density at radius 2 is 1.67 bits per heavy atom. The summed E-state index contributed by atoms with van der Waals surface area (Å²) in [5.41, 5.74) is 3.67. The van der Waals surface area contributed by atoms with Crippen LogP contribution in [0.3, 0.4) is 0 Å². The summed E-state index contributed by atoms with van der Waals surface area (Å²) >= 11 is 0. The Kier molecular flexibility index (Phi) is 3.26. The van der Waals surface area contributed by atoms with Crippen molar-refractivity contribution in [2.24, 2.45) is 11.8 Å². The maximum absolute atomic E-state index is 13.4. The topological polar surface area (TPSA) is 64.4 Å². The van der Waals surface area contributed by atoms with Gasteiger partial charge in [-0.2, -0.15) is 5.26 Å². The molecule has 27 heavy (non-hydrogen) atoms. The minimum Gasteiger partial charge on any atom is -0.353 e. The van der Waals surface area contributed by atoms with Crippen molar-refractivity contribution >= 4 is 23.6 Å². The van der Waals surface area contributed by atoms with E-state index in [4.69, 9.17) is 0 Å². The molecule has 5 rings (SSSR count). The predicted molar refractivity (Wildman–Crippen MR) is 100 cm³/mol. The molecule has 0 bridgehead atoms. The second-order valence-corrected chi connectivity index (χ2v) is 7.31. The van der Waals surface area contributed by atoms with Crippen LogP contribution in [0.4, 0.5) is 5.69 Å². The average molecular weight is 355 g/mol. The summed E-state index contributed by atoms with van der Waals surface area (Å²) in [5, 5.41) is 9.79. The quantitative estimate of drug-likeness (QED) is 0.738. The van der Waals surface area contributed by atoms with Gasteiger partial charge in [0.25, 0.3) is 0 Å². The van der Waals surface area contributed by atoms with E-state index in [1.807, 2.05) is 60.5 Å². The molecule has 4 atom stereocenters. The molecule has 0 saturated carbocycles. The number of hydrogen-bond acceptors (Lipinski definition) is 4. The molecule has 5 heteroatoms. The van der Waals surface area contributed by atoms with Gasteiger partial charge in [-0.25, -0.2) is 4.90 Å². The van der Waals surface area contributed by atoms with Crippen molar-refractivity contribution < 1.29 is 9.59 Å². The van der Waals surface area contributed by atoms with Crippen molar-refractivity contribution in [3.05, 3.63) is 71.4 Å². The zero-order valence-corrected chi connectivity index (χ0v) is 14.7. The van der Waals surface area contributed by atoms with E-state index in [9.17, 15) is 14.9 Å². The van der Waals surface area contributed by atoms with Crippen molar-refractivity contribution in [1.82, 2.24) is 4.90 Å². The van der Waals surface area contributed by atoms with E-state index in [0.29, 0.717) is 5.69 Å². The van der Waals surface area contributed by atoms with Gasteiger partial charge in [0, 0.05) is 6.20 Å². The fourth-order valence-corrected chi connectivity index (χ4v) is 4.65. The normalized spacial score (nSPS) is 28.0. The van der Waals surface area contributed by atoms with Gasteiger partial charge >= 0.3 is 0 Å². The first kappa shape index (κ1) is 15.8. The molecule has 132 valence electrons. The summed E-state index contributed by atoms with van der Waals surface area (Å²) in [6.07, 6.45) is 3.81. The number of nitrogens with zero attached hydrogens (tertiary/aromatic N) is 3. The fourth-order valence-electron chi connectivity index (χ4n) is 4.65. The highest BCUT2D eigenvalue weighted by atomic mass is 16.2. The molecule has 3 aliphatic heterocycles. The van der Waals surface area contributed by atoms with E-state index in [1.54, 1.807) is 12.1 Å². The molecule has 3 aliphatic rings. The predicted octanol–water partition coefficient (Wildman–Crippen LogP) is 3.03. The van der Waals surface area contributed by atoms with E-state index in [1.165, 1.54) is 4.90 Å². The summed E-state index contributed by atoms with van der Waals surface area (Å²) in [6, 6.07) is 16.6. The minimum atomic E-state index is -0.649. The van der Waals surface area contributed by atoms with Crippen molar-refractivity contribution in [3.63, 3.8) is 0 Å². The van der Waals surface area contributed by atoms with Crippen LogP contribution in [0.25, 0.3) is 6.08 Å². The molecule has 0 aromatic heterocycles. The maximum atomic E-state index is 13.4. The van der Waals surface area contributed by atoms with Crippen molar-refractivity contribution in [1.29, 1.82) is 5.26 Å². The Morgan fingerprint density at radius 1 is 0.963 bits per heavy atom. The molecule has 5 nitrogen and oxygen atoms in total. The third-order valence-corrected chi connectivity index (χ3v) is 5.89. The van der Waals surface area contributed by atoms with Crippen LogP contribution in [0.15, 0.2) is 54.7 Å². The highest BCUT2D eigenvalue weighted by Crippen LogP contribution is 2.52. The van der Waals surface area contributed by atoms with E-state index in [2.05, 4.69) is 6.07 Å². The molecule has 2 saturated heterocycles. The zero-order chi connectivity index (χ0) is 18.7. The van der Waals surface area contributed by atoms with Crippen LogP contribution >= 0.6 is 0 Å². The lowest BCUT2D eigenvalue weighted by Gasteiger charge is -2.33. The number of benzene rings is 2. The van der Waals surface area contributed by atoms with Gasteiger partial charge in [-0.1, -0.05) is 42.0 Å². The maximum Gasteiger partial charge on any atom is 0.240 e. The first-order valence-corrected chi connectivity index (χ1v) is 9.00. The molecule has 0 radical (unpaired) electrons. The summed E-state index contributed by atoms with van der Waals surface area (Å²) in [7, 11) is 0. The average Bonchev–Trinajstić information content (AvgIpc) is 3.15. The summed E-state index contributed by atoms with van der Waals surface area (Å²) in [6.45, 7) is 1.96. The number of rotatable bonds is 1. The number of carbonyl (C=O) groups excluding carboxylic acids is 2. The van der Waals surface area contributed by atoms with Crippen LogP contribution < -0.4 is 4.90 Å². The summed E-state index contributed by atoms with van der Waals surface area (Å²) < 4.78 is 0. The zero-order valence-electron chi connectivity index (χ0n) is 14.7. The Balaban J connectivity index is 1.63. The lowest BCUT2D eigenvalue weighted by Crippen LogP contribution is -2.40. The second-order valence-electron chi connectivity index (χ2n) is 7.31. The highest BCUT2D eigenvalue weighted by Gasteiger charge is 2.63. The molecule has 0 aliphatic carbocycles. The van der Waals surface area contributed by atoms with Crippen LogP contribution in [-0.2, 0) is 9.59 Å². The summed E-state index contributed by atoms with van der Waals surface area (Å²) in [4.78, 5) is 29.7. The van der Waals surface area contributed by atoms with Crippen molar-refractivity contribution in [2.75, 3.05) is 4.90 Å². The first-order chi connectivity index (χ1) is 13.1. The standard InChI is InChI=1S/C22H17N3O2/c1-13-6-8-15(9-7-13)25-21(26)18-17(12-23)24-11-10-14-4-2-3-5-16(14)20(24)19(18)22(25)27/h2-11,17-20H,1H3. The number of anilines is 1. The lowest BCUT2D eigenvalue weighted by molar-refractivity contribution is -0.123. The van der Waals surface area contributed by atoms with Gasteiger partial charge < -0.3 is 4.90 Å². The molecular formula is C22H17N3O2. The van der Waals surface area contributed by atoms with E-state index in [0.717, 1.165) is 16.7 Å². The van der Waals surface area contributed by atoms with Crippen LogP contribution in [0.2, 0.25) is 0 Å². The Bertz CT molecular complexity index is 1030. The number of imide groups is 1. The number of carbonyl (C=O) groups is 2. The number of nitriles is 1. The van der Waals surface area contributed by atoms with E-state index < -0.39 is 17.9 Å². The van der Waals surface area contributed by atoms with Crippen molar-refractivity contribution in [3.8, 4) is 6.07 Å². The van der Waals surface area contributed by atoms with E-state index >= 15 is 0 Å². The first-order valence-electron chi connectivity index (χ1n) is 9.00. The van der Waals surface area contributed by atoms with Gasteiger partial charge in [0.1, 0.15) is 6.04 Å². The molecule has 4 unspecified atom stereocenters.